The Morgan fingerprint density at radius 2 is 1.96 bits per heavy atom. The van der Waals surface area contributed by atoms with Crippen molar-refractivity contribution >= 4 is 17.5 Å². The minimum absolute atomic E-state index is 0.00905. The molecule has 1 heterocycles. The molecule has 1 atom stereocenters. The van der Waals surface area contributed by atoms with Crippen LogP contribution in [0.5, 0.6) is 11.5 Å². The van der Waals surface area contributed by atoms with Gasteiger partial charge in [0.15, 0.2) is 0 Å². The molecule has 0 aromatic heterocycles. The molecule has 0 bridgehead atoms. The molecular weight excluding hydrogens is 308 g/mol. The number of hydrogen-bond donors (Lipinski definition) is 1. The summed E-state index contributed by atoms with van der Waals surface area (Å²) in [4.78, 5) is 26.5. The van der Waals surface area contributed by atoms with Crippen LogP contribution in [0.1, 0.15) is 32.1 Å². The Morgan fingerprint density at radius 3 is 2.62 bits per heavy atom. The Kier molecular flexibility index (Phi) is 4.92. The number of carbonyl (C=O) groups is 2. The van der Waals surface area contributed by atoms with Gasteiger partial charge in [-0.25, -0.2) is 0 Å². The number of nitrogens with zero attached hydrogens (tertiary/aromatic N) is 1. The van der Waals surface area contributed by atoms with Gasteiger partial charge in [-0.2, -0.15) is 0 Å². The Bertz CT molecular complexity index is 625. The lowest BCUT2D eigenvalue weighted by Gasteiger charge is -2.20. The molecule has 24 heavy (non-hydrogen) atoms. The van der Waals surface area contributed by atoms with E-state index in [0.717, 1.165) is 12.8 Å². The monoisotopic (exact) mass is 332 g/mol. The van der Waals surface area contributed by atoms with Gasteiger partial charge in [0.05, 0.1) is 25.8 Å². The molecule has 2 fully saturated rings. The summed E-state index contributed by atoms with van der Waals surface area (Å²) in [5, 5.41) is 3.09. The highest BCUT2D eigenvalue weighted by molar-refractivity contribution is 6.01. The molecule has 1 saturated heterocycles. The lowest BCUT2D eigenvalue weighted by atomic mass is 10.1. The summed E-state index contributed by atoms with van der Waals surface area (Å²) < 4.78 is 10.6. The second-order valence-electron chi connectivity index (χ2n) is 6.43. The van der Waals surface area contributed by atoms with Gasteiger partial charge < -0.3 is 19.7 Å². The number of anilines is 1. The maximum Gasteiger partial charge on any atom is 0.227 e. The smallest absolute Gasteiger partial charge is 0.227 e. The van der Waals surface area contributed by atoms with E-state index in [1.807, 2.05) is 0 Å². The number of nitrogens with one attached hydrogen (secondary N) is 1. The van der Waals surface area contributed by atoms with Crippen molar-refractivity contribution in [3.8, 4) is 11.5 Å². The Labute approximate surface area is 142 Å². The molecule has 6 nitrogen and oxygen atoms in total. The van der Waals surface area contributed by atoms with E-state index in [2.05, 4.69) is 5.32 Å². The fourth-order valence-electron chi connectivity index (χ4n) is 3.51. The maximum atomic E-state index is 12.4. The van der Waals surface area contributed by atoms with Crippen LogP contribution in [0.4, 0.5) is 5.69 Å². The molecule has 2 aliphatic rings. The Balaban J connectivity index is 1.71. The van der Waals surface area contributed by atoms with Crippen LogP contribution in [-0.4, -0.2) is 38.6 Å². The number of ether oxygens (including phenoxy) is 2. The first kappa shape index (κ1) is 16.6. The standard InChI is InChI=1S/C18H24N2O4/c1-23-14-7-8-15(16(10-14)24-2)20-11-12(9-17(20)21)18(22)19-13-5-3-4-6-13/h7-8,10,12-13H,3-6,9,11H2,1-2H3,(H,19,22). The molecule has 1 N–H and O–H groups in total. The largest absolute Gasteiger partial charge is 0.497 e. The van der Waals surface area contributed by atoms with E-state index >= 15 is 0 Å². The summed E-state index contributed by atoms with van der Waals surface area (Å²) in [6, 6.07) is 5.61. The first-order valence-corrected chi connectivity index (χ1v) is 8.45. The predicted molar refractivity (Wildman–Crippen MR) is 90.4 cm³/mol. The third kappa shape index (κ3) is 3.32. The minimum atomic E-state index is -0.301. The first-order chi connectivity index (χ1) is 11.6. The quantitative estimate of drug-likeness (QED) is 0.897. The SMILES string of the molecule is COc1ccc(N2CC(C(=O)NC3CCCC3)CC2=O)c(OC)c1. The average Bonchev–Trinajstić information content (AvgIpc) is 3.23. The topological polar surface area (TPSA) is 67.9 Å². The van der Waals surface area contributed by atoms with E-state index in [9.17, 15) is 9.59 Å². The van der Waals surface area contributed by atoms with Crippen molar-refractivity contribution in [2.75, 3.05) is 25.7 Å². The molecular formula is C18H24N2O4. The van der Waals surface area contributed by atoms with Gasteiger partial charge in [0.2, 0.25) is 11.8 Å². The molecule has 1 saturated carbocycles. The van der Waals surface area contributed by atoms with Gasteiger partial charge in [-0.1, -0.05) is 12.8 Å². The van der Waals surface area contributed by atoms with Gasteiger partial charge in [-0.05, 0) is 25.0 Å². The Hall–Kier alpha value is -2.24. The first-order valence-electron chi connectivity index (χ1n) is 8.45. The van der Waals surface area contributed by atoms with Crippen LogP contribution in [0.2, 0.25) is 0 Å². The zero-order valence-corrected chi connectivity index (χ0v) is 14.2. The van der Waals surface area contributed by atoms with Crippen LogP contribution in [-0.2, 0) is 9.59 Å². The molecule has 1 aromatic carbocycles. The molecule has 130 valence electrons. The lowest BCUT2D eigenvalue weighted by molar-refractivity contribution is -0.126. The molecule has 2 amide bonds. The fourth-order valence-corrected chi connectivity index (χ4v) is 3.51. The molecule has 1 aliphatic heterocycles. The van der Waals surface area contributed by atoms with Gasteiger partial charge in [-0.15, -0.1) is 0 Å². The number of carbonyl (C=O) groups excluding carboxylic acids is 2. The van der Waals surface area contributed by atoms with Crippen LogP contribution in [0, 0.1) is 5.92 Å². The molecule has 1 aromatic rings. The summed E-state index contributed by atoms with van der Waals surface area (Å²) >= 11 is 0. The van der Waals surface area contributed by atoms with Gasteiger partial charge in [0, 0.05) is 25.1 Å². The van der Waals surface area contributed by atoms with Crippen LogP contribution in [0.25, 0.3) is 0 Å². The second kappa shape index (κ2) is 7.11. The summed E-state index contributed by atoms with van der Waals surface area (Å²) in [7, 11) is 3.14. The summed E-state index contributed by atoms with van der Waals surface area (Å²) in [6.45, 7) is 0.389. The number of methoxy groups -OCH3 is 2. The van der Waals surface area contributed by atoms with E-state index in [0.29, 0.717) is 23.7 Å². The van der Waals surface area contributed by atoms with Crippen molar-refractivity contribution in [3.63, 3.8) is 0 Å². The molecule has 0 spiro atoms. The summed E-state index contributed by atoms with van der Waals surface area (Å²) in [6.07, 6.45) is 4.67. The third-order valence-corrected chi connectivity index (χ3v) is 4.88. The highest BCUT2D eigenvalue weighted by atomic mass is 16.5. The van der Waals surface area contributed by atoms with Crippen LogP contribution >= 0.6 is 0 Å². The molecule has 1 unspecified atom stereocenters. The van der Waals surface area contributed by atoms with Crippen molar-refractivity contribution in [3.05, 3.63) is 18.2 Å². The number of amides is 2. The highest BCUT2D eigenvalue weighted by Crippen LogP contribution is 2.35. The fraction of sp³-hybridized carbons (Fsp3) is 0.556. The normalized spacial score (nSPS) is 21.2. The summed E-state index contributed by atoms with van der Waals surface area (Å²) in [5.74, 6) is 0.873. The summed E-state index contributed by atoms with van der Waals surface area (Å²) in [5.41, 5.74) is 0.680. The Morgan fingerprint density at radius 1 is 1.21 bits per heavy atom. The third-order valence-electron chi connectivity index (χ3n) is 4.88. The van der Waals surface area contributed by atoms with Crippen LogP contribution < -0.4 is 19.7 Å². The van der Waals surface area contributed by atoms with Gasteiger partial charge in [0.25, 0.3) is 0 Å². The second-order valence-corrected chi connectivity index (χ2v) is 6.43. The molecule has 0 radical (unpaired) electrons. The van der Waals surface area contributed by atoms with E-state index in [1.165, 1.54) is 12.8 Å². The molecule has 6 heteroatoms. The van der Waals surface area contributed by atoms with E-state index in [1.54, 1.807) is 37.3 Å². The van der Waals surface area contributed by atoms with Crippen molar-refractivity contribution in [2.24, 2.45) is 5.92 Å². The number of rotatable bonds is 5. The van der Waals surface area contributed by atoms with Gasteiger partial charge >= 0.3 is 0 Å². The zero-order valence-electron chi connectivity index (χ0n) is 14.2. The van der Waals surface area contributed by atoms with Crippen molar-refractivity contribution in [1.82, 2.24) is 5.32 Å². The average molecular weight is 332 g/mol. The van der Waals surface area contributed by atoms with E-state index in [-0.39, 0.29) is 30.2 Å². The minimum Gasteiger partial charge on any atom is -0.497 e. The molecule has 1 aliphatic carbocycles. The van der Waals surface area contributed by atoms with Crippen molar-refractivity contribution < 1.29 is 19.1 Å². The van der Waals surface area contributed by atoms with Gasteiger partial charge in [-0.3, -0.25) is 9.59 Å². The number of benzene rings is 1. The van der Waals surface area contributed by atoms with Crippen molar-refractivity contribution in [2.45, 2.75) is 38.1 Å². The lowest BCUT2D eigenvalue weighted by Crippen LogP contribution is -2.38. The zero-order chi connectivity index (χ0) is 17.1. The predicted octanol–water partition coefficient (Wildman–Crippen LogP) is 2.12. The highest BCUT2D eigenvalue weighted by Gasteiger charge is 2.37. The van der Waals surface area contributed by atoms with Crippen molar-refractivity contribution in [1.29, 1.82) is 0 Å². The van der Waals surface area contributed by atoms with Crippen LogP contribution in [0.15, 0.2) is 18.2 Å². The molecule has 3 rings (SSSR count). The van der Waals surface area contributed by atoms with Crippen LogP contribution in [0.3, 0.4) is 0 Å². The van der Waals surface area contributed by atoms with E-state index in [4.69, 9.17) is 9.47 Å². The van der Waals surface area contributed by atoms with E-state index < -0.39 is 0 Å². The van der Waals surface area contributed by atoms with Gasteiger partial charge in [0.1, 0.15) is 11.5 Å². The number of hydrogen-bond acceptors (Lipinski definition) is 4. The maximum absolute atomic E-state index is 12.4.